The molecule has 0 radical (unpaired) electrons. The minimum Gasteiger partial charge on any atom is -0.396 e. The molecule has 1 atom stereocenters. The molecule has 3 N–H and O–H groups in total. The van der Waals surface area contributed by atoms with Crippen molar-refractivity contribution in [2.45, 2.75) is 13.0 Å². The molecule has 1 unspecified atom stereocenters. The molecule has 6 heteroatoms. The van der Waals surface area contributed by atoms with E-state index in [1.165, 1.54) is 0 Å². The molecule has 0 fully saturated rings. The van der Waals surface area contributed by atoms with Crippen LogP contribution in [0.25, 0.3) is 0 Å². The second-order valence-corrected chi connectivity index (χ2v) is 5.55. The van der Waals surface area contributed by atoms with Gasteiger partial charge in [0.25, 0.3) is 0 Å². The van der Waals surface area contributed by atoms with Crippen LogP contribution in [0.3, 0.4) is 0 Å². The zero-order valence-corrected chi connectivity index (χ0v) is 12.5. The van der Waals surface area contributed by atoms with E-state index in [1.807, 2.05) is 35.0 Å². The molecule has 0 aromatic carbocycles. The number of hydrogen-bond donors (Lipinski definition) is 3. The van der Waals surface area contributed by atoms with Crippen molar-refractivity contribution in [3.8, 4) is 0 Å². The van der Waals surface area contributed by atoms with Crippen molar-refractivity contribution in [1.29, 1.82) is 0 Å². The molecule has 2 aromatic heterocycles. The van der Waals surface area contributed by atoms with E-state index in [0.29, 0.717) is 19.5 Å². The number of carbonyl (C=O) groups is 1. The van der Waals surface area contributed by atoms with Crippen LogP contribution in [0.2, 0.25) is 0 Å². The minimum absolute atomic E-state index is 0.0153. The van der Waals surface area contributed by atoms with Crippen molar-refractivity contribution in [3.63, 3.8) is 0 Å². The zero-order valence-electron chi connectivity index (χ0n) is 11.7. The third-order valence-corrected chi connectivity index (χ3v) is 3.80. The SMILES string of the molecule is O=C(NCc1ccsc1)NCC(CO)Cc1ccccn1. The number of aliphatic hydroxyl groups excluding tert-OH is 1. The highest BCUT2D eigenvalue weighted by atomic mass is 32.1. The van der Waals surface area contributed by atoms with Crippen molar-refractivity contribution >= 4 is 17.4 Å². The molecule has 0 spiro atoms. The molecule has 0 saturated carbocycles. The van der Waals surface area contributed by atoms with Gasteiger partial charge in [-0.25, -0.2) is 4.79 Å². The largest absolute Gasteiger partial charge is 0.396 e. The van der Waals surface area contributed by atoms with Crippen LogP contribution in [0.1, 0.15) is 11.3 Å². The van der Waals surface area contributed by atoms with Crippen LogP contribution >= 0.6 is 11.3 Å². The fourth-order valence-corrected chi connectivity index (χ4v) is 2.56. The number of rotatable bonds is 7. The van der Waals surface area contributed by atoms with Crippen molar-refractivity contribution in [2.75, 3.05) is 13.2 Å². The average Bonchev–Trinajstić information content (AvgIpc) is 3.03. The number of carbonyl (C=O) groups excluding carboxylic acids is 1. The molecule has 2 aromatic rings. The highest BCUT2D eigenvalue weighted by Gasteiger charge is 2.11. The second-order valence-electron chi connectivity index (χ2n) is 4.77. The monoisotopic (exact) mass is 305 g/mol. The third kappa shape index (κ3) is 5.53. The summed E-state index contributed by atoms with van der Waals surface area (Å²) >= 11 is 1.60. The van der Waals surface area contributed by atoms with E-state index >= 15 is 0 Å². The van der Waals surface area contributed by atoms with E-state index in [-0.39, 0.29) is 18.6 Å². The Bertz CT molecular complexity index is 531. The number of aromatic nitrogens is 1. The molecule has 0 bridgehead atoms. The summed E-state index contributed by atoms with van der Waals surface area (Å²) in [5.41, 5.74) is 2.00. The van der Waals surface area contributed by atoms with E-state index in [0.717, 1.165) is 11.3 Å². The molecule has 2 heterocycles. The van der Waals surface area contributed by atoms with Crippen LogP contribution < -0.4 is 10.6 Å². The fourth-order valence-electron chi connectivity index (χ4n) is 1.89. The van der Waals surface area contributed by atoms with E-state index in [9.17, 15) is 9.90 Å². The summed E-state index contributed by atoms with van der Waals surface area (Å²) in [5, 5.41) is 18.9. The van der Waals surface area contributed by atoms with Crippen LogP contribution in [0.5, 0.6) is 0 Å². The minimum atomic E-state index is -0.222. The lowest BCUT2D eigenvalue weighted by Gasteiger charge is -2.15. The molecule has 2 rings (SSSR count). The first-order valence-corrected chi connectivity index (χ1v) is 7.75. The summed E-state index contributed by atoms with van der Waals surface area (Å²) in [4.78, 5) is 15.9. The number of aliphatic hydroxyl groups is 1. The van der Waals surface area contributed by atoms with Crippen molar-refractivity contribution in [3.05, 3.63) is 52.5 Å². The molecule has 5 nitrogen and oxygen atoms in total. The van der Waals surface area contributed by atoms with Gasteiger partial charge in [-0.2, -0.15) is 11.3 Å². The quantitative estimate of drug-likeness (QED) is 0.730. The Hall–Kier alpha value is -1.92. The van der Waals surface area contributed by atoms with E-state index in [4.69, 9.17) is 0 Å². The number of urea groups is 1. The van der Waals surface area contributed by atoms with Gasteiger partial charge in [0.2, 0.25) is 0 Å². The molecular formula is C15H19N3O2S. The van der Waals surface area contributed by atoms with Gasteiger partial charge in [-0.15, -0.1) is 0 Å². The Balaban J connectivity index is 1.71. The van der Waals surface area contributed by atoms with Gasteiger partial charge in [0, 0.05) is 37.5 Å². The Labute approximate surface area is 128 Å². The maximum atomic E-state index is 11.7. The summed E-state index contributed by atoms with van der Waals surface area (Å²) in [6, 6.07) is 7.44. The van der Waals surface area contributed by atoms with Gasteiger partial charge < -0.3 is 15.7 Å². The Morgan fingerprint density at radius 3 is 2.90 bits per heavy atom. The lowest BCUT2D eigenvalue weighted by molar-refractivity contribution is 0.213. The molecular weight excluding hydrogens is 286 g/mol. The van der Waals surface area contributed by atoms with Gasteiger partial charge >= 0.3 is 6.03 Å². The topological polar surface area (TPSA) is 74.2 Å². The van der Waals surface area contributed by atoms with Crippen molar-refractivity contribution in [2.24, 2.45) is 5.92 Å². The third-order valence-electron chi connectivity index (χ3n) is 3.07. The first-order valence-electron chi connectivity index (χ1n) is 6.81. The maximum absolute atomic E-state index is 11.7. The summed E-state index contributed by atoms with van der Waals surface area (Å²) < 4.78 is 0. The van der Waals surface area contributed by atoms with Crippen molar-refractivity contribution in [1.82, 2.24) is 15.6 Å². The first-order chi connectivity index (χ1) is 10.3. The van der Waals surface area contributed by atoms with E-state index in [1.54, 1.807) is 17.5 Å². The maximum Gasteiger partial charge on any atom is 0.315 e. The lowest BCUT2D eigenvalue weighted by Crippen LogP contribution is -2.39. The van der Waals surface area contributed by atoms with Crippen LogP contribution in [-0.4, -0.2) is 29.3 Å². The van der Waals surface area contributed by atoms with Crippen molar-refractivity contribution < 1.29 is 9.90 Å². The normalized spacial score (nSPS) is 11.9. The standard InChI is InChI=1S/C15H19N3O2S/c19-10-13(7-14-3-1-2-5-16-14)9-18-15(20)17-8-12-4-6-21-11-12/h1-6,11,13,19H,7-10H2,(H2,17,18,20). The molecule has 21 heavy (non-hydrogen) atoms. The van der Waals surface area contributed by atoms with Crippen LogP contribution in [-0.2, 0) is 13.0 Å². The first kappa shape index (κ1) is 15.5. The predicted molar refractivity (Wildman–Crippen MR) is 83.1 cm³/mol. The van der Waals surface area contributed by atoms with Gasteiger partial charge in [-0.1, -0.05) is 6.07 Å². The molecule has 0 aliphatic carbocycles. The molecule has 2 amide bonds. The van der Waals surface area contributed by atoms with Gasteiger partial charge in [0.05, 0.1) is 0 Å². The Kier molecular flexibility index (Phi) is 6.18. The highest BCUT2D eigenvalue weighted by molar-refractivity contribution is 7.07. The number of amides is 2. The molecule has 0 aliphatic heterocycles. The summed E-state index contributed by atoms with van der Waals surface area (Å²) in [5.74, 6) is -0.0354. The second kappa shape index (κ2) is 8.39. The van der Waals surface area contributed by atoms with Gasteiger partial charge in [-0.3, -0.25) is 4.98 Å². The Morgan fingerprint density at radius 2 is 2.24 bits per heavy atom. The fraction of sp³-hybridized carbons (Fsp3) is 0.333. The number of nitrogens with one attached hydrogen (secondary N) is 2. The highest BCUT2D eigenvalue weighted by Crippen LogP contribution is 2.06. The number of hydrogen-bond acceptors (Lipinski definition) is 4. The zero-order chi connectivity index (χ0) is 14.9. The molecule has 0 saturated heterocycles. The van der Waals surface area contributed by atoms with Crippen LogP contribution in [0, 0.1) is 5.92 Å². The molecule has 0 aliphatic rings. The van der Waals surface area contributed by atoms with Gasteiger partial charge in [-0.05, 0) is 40.9 Å². The number of thiophene rings is 1. The van der Waals surface area contributed by atoms with Crippen LogP contribution in [0.4, 0.5) is 4.79 Å². The van der Waals surface area contributed by atoms with Gasteiger partial charge in [0.15, 0.2) is 0 Å². The summed E-state index contributed by atoms with van der Waals surface area (Å²) in [6.07, 6.45) is 2.37. The summed E-state index contributed by atoms with van der Waals surface area (Å²) in [7, 11) is 0. The lowest BCUT2D eigenvalue weighted by atomic mass is 10.0. The Morgan fingerprint density at radius 1 is 1.33 bits per heavy atom. The number of nitrogens with zero attached hydrogens (tertiary/aromatic N) is 1. The molecule has 112 valence electrons. The number of pyridine rings is 1. The predicted octanol–water partition coefficient (Wildman–Crippen LogP) is 1.79. The average molecular weight is 305 g/mol. The van der Waals surface area contributed by atoms with Gasteiger partial charge in [0.1, 0.15) is 0 Å². The van der Waals surface area contributed by atoms with Crippen LogP contribution in [0.15, 0.2) is 41.2 Å². The van der Waals surface area contributed by atoms with E-state index in [2.05, 4.69) is 15.6 Å². The smallest absolute Gasteiger partial charge is 0.315 e. The van der Waals surface area contributed by atoms with E-state index < -0.39 is 0 Å². The summed E-state index contributed by atoms with van der Waals surface area (Å²) in [6.45, 7) is 0.948.